The Hall–Kier alpha value is -5.74. The number of amides is 4. The Morgan fingerprint density at radius 3 is 2.06 bits per heavy atom. The number of anilines is 3. The topological polar surface area (TPSA) is 155 Å². The molecule has 1 N–H and O–H groups in total. The summed E-state index contributed by atoms with van der Waals surface area (Å²) in [7, 11) is 2.08. The van der Waals surface area contributed by atoms with Crippen LogP contribution in [0.25, 0.3) is 0 Å². The molecule has 0 radical (unpaired) electrons. The van der Waals surface area contributed by atoms with Gasteiger partial charge in [-0.1, -0.05) is 33.4 Å². The van der Waals surface area contributed by atoms with E-state index in [1.165, 1.54) is 30.1 Å². The summed E-state index contributed by atoms with van der Waals surface area (Å²) in [6, 6.07) is 12.4. The van der Waals surface area contributed by atoms with Gasteiger partial charge in [-0.05, 0) is 105 Å². The van der Waals surface area contributed by atoms with Crippen molar-refractivity contribution < 1.29 is 52.0 Å². The molecular formula is C48H62N4O11Si. The van der Waals surface area contributed by atoms with E-state index < -0.39 is 26.7 Å². The van der Waals surface area contributed by atoms with Crippen molar-refractivity contribution in [1.82, 2.24) is 4.90 Å². The third-order valence-electron chi connectivity index (χ3n) is 13.3. The zero-order valence-corrected chi connectivity index (χ0v) is 39.5. The summed E-state index contributed by atoms with van der Waals surface area (Å²) < 4.78 is 42.1. The summed E-state index contributed by atoms with van der Waals surface area (Å²) in [5.41, 5.74) is 1.86. The summed E-state index contributed by atoms with van der Waals surface area (Å²) in [4.78, 5) is 60.8. The summed E-state index contributed by atoms with van der Waals surface area (Å²) in [5, 5.41) is 2.72. The van der Waals surface area contributed by atoms with E-state index in [4.69, 9.17) is 32.8 Å². The van der Waals surface area contributed by atoms with Crippen molar-refractivity contribution in [3.8, 4) is 28.7 Å². The number of carbonyl (C=O) groups excluding carboxylic acids is 4. The summed E-state index contributed by atoms with van der Waals surface area (Å²) >= 11 is 0. The first-order chi connectivity index (χ1) is 30.5. The number of fused-ring (bicyclic) bond motifs is 3. The zero-order valence-electron chi connectivity index (χ0n) is 38.5. The van der Waals surface area contributed by atoms with E-state index in [0.717, 1.165) is 25.7 Å². The third kappa shape index (κ3) is 9.12. The Morgan fingerprint density at radius 1 is 0.859 bits per heavy atom. The van der Waals surface area contributed by atoms with E-state index in [1.54, 1.807) is 62.6 Å². The highest BCUT2D eigenvalue weighted by Crippen LogP contribution is 2.58. The quantitative estimate of drug-likeness (QED) is 0.0834. The Labute approximate surface area is 377 Å². The predicted octanol–water partition coefficient (Wildman–Crippen LogP) is 8.81. The average molecular weight is 899 g/mol. The second kappa shape index (κ2) is 18.4. The van der Waals surface area contributed by atoms with Crippen molar-refractivity contribution in [1.29, 1.82) is 0 Å². The molecule has 0 aromatic heterocycles. The lowest BCUT2D eigenvalue weighted by Gasteiger charge is -2.44. The summed E-state index contributed by atoms with van der Waals surface area (Å²) in [6.45, 7) is 17.4. The fraction of sp³-hybridized carbons (Fsp3) is 0.500. The van der Waals surface area contributed by atoms with Gasteiger partial charge >= 0.3 is 6.09 Å². The molecule has 1 unspecified atom stereocenters. The molecular weight excluding hydrogens is 837 g/mol. The van der Waals surface area contributed by atoms with E-state index in [9.17, 15) is 19.2 Å². The monoisotopic (exact) mass is 898 g/mol. The summed E-state index contributed by atoms with van der Waals surface area (Å²) in [5.74, 6) is 1.25. The van der Waals surface area contributed by atoms with Crippen molar-refractivity contribution >= 4 is 49.2 Å². The first-order valence-corrected chi connectivity index (χ1v) is 24.9. The van der Waals surface area contributed by atoms with Crippen molar-refractivity contribution in [2.45, 2.75) is 103 Å². The maximum atomic E-state index is 14.6. The largest absolute Gasteiger partial charge is 0.497 e. The minimum Gasteiger partial charge on any atom is -0.497 e. The van der Waals surface area contributed by atoms with Crippen LogP contribution in [0, 0.1) is 5.41 Å². The number of ether oxygens (including phenoxy) is 6. The van der Waals surface area contributed by atoms with Gasteiger partial charge in [-0.25, -0.2) is 9.69 Å². The minimum atomic E-state index is -2.51. The molecule has 4 amide bonds. The van der Waals surface area contributed by atoms with Crippen LogP contribution in [0.4, 0.5) is 21.9 Å². The maximum Gasteiger partial charge on any atom is 0.416 e. The van der Waals surface area contributed by atoms with Crippen molar-refractivity contribution in [3.05, 3.63) is 72.3 Å². The van der Waals surface area contributed by atoms with E-state index >= 15 is 0 Å². The Balaban J connectivity index is 1.05. The lowest BCUT2D eigenvalue weighted by Crippen LogP contribution is -2.58. The standard InChI is InChI=1S/C48H62N4O11Si/c1-11-21-62-46(56)52-36-27-41(39(59-8)25-34(36)43(54)50-29-48(19-20-48)28-37(50)45(52)63-64(9,10)47(3,4)5)61-23-14-12-13-22-60-40-26-35-33(24-38(40)58-7)44(55)51(30(2)42(53)49-35)31-15-17-32(57-6)18-16-31/h11,15-18,24-27,30,37,45H,1,12-14,19-23,28-29H2,2-10H3,(H,49,53)/t30-,37-,45?/m0/s1. The molecule has 3 atom stereocenters. The molecule has 3 aromatic carbocycles. The van der Waals surface area contributed by atoms with Gasteiger partial charge in [0.25, 0.3) is 11.8 Å². The van der Waals surface area contributed by atoms with Gasteiger partial charge in [0, 0.05) is 24.4 Å². The normalized spacial score (nSPS) is 20.0. The molecule has 0 bridgehead atoms. The number of carbonyl (C=O) groups is 4. The highest BCUT2D eigenvalue weighted by molar-refractivity contribution is 6.74. The number of nitrogens with one attached hydrogen (secondary N) is 1. The smallest absolute Gasteiger partial charge is 0.416 e. The molecule has 3 heterocycles. The van der Waals surface area contributed by atoms with Gasteiger partial charge in [0.15, 0.2) is 37.5 Å². The molecule has 2 fully saturated rings. The van der Waals surface area contributed by atoms with Gasteiger partial charge in [0.2, 0.25) is 5.91 Å². The van der Waals surface area contributed by atoms with Gasteiger partial charge in [-0.3, -0.25) is 19.3 Å². The van der Waals surface area contributed by atoms with Crippen LogP contribution in [0.3, 0.4) is 0 Å². The van der Waals surface area contributed by atoms with Crippen LogP contribution in [0.15, 0.2) is 61.2 Å². The Kier molecular flexibility index (Phi) is 13.3. The fourth-order valence-corrected chi connectivity index (χ4v) is 9.60. The van der Waals surface area contributed by atoms with Crippen LogP contribution in [0.1, 0.15) is 86.9 Å². The van der Waals surface area contributed by atoms with Crippen LogP contribution in [-0.2, 0) is 14.0 Å². The molecule has 16 heteroatoms. The minimum absolute atomic E-state index is 0.00809. The average Bonchev–Trinajstić information content (AvgIpc) is 3.95. The number of nitrogens with zero attached hydrogens (tertiary/aromatic N) is 3. The second-order valence-corrected chi connectivity index (χ2v) is 23.3. The molecule has 64 heavy (non-hydrogen) atoms. The highest BCUT2D eigenvalue weighted by Gasteiger charge is 2.59. The van der Waals surface area contributed by atoms with E-state index in [0.29, 0.717) is 84.0 Å². The van der Waals surface area contributed by atoms with Gasteiger partial charge in [-0.15, -0.1) is 0 Å². The van der Waals surface area contributed by atoms with Crippen LogP contribution >= 0.6 is 0 Å². The molecule has 1 saturated heterocycles. The molecule has 3 aromatic rings. The molecule has 1 spiro atoms. The van der Waals surface area contributed by atoms with Gasteiger partial charge in [0.05, 0.1) is 63.1 Å². The van der Waals surface area contributed by atoms with Crippen molar-refractivity contribution in [2.75, 3.05) is 62.8 Å². The SMILES string of the molecule is C=CCOC(=O)N1c2cc(OCCCCCOc3cc4c(cc3OC)C(=O)N(c3ccc(OC)cc3)[C@@H](C)C(=O)N4)c(OC)cc2C(=O)N2CC3(CC3)C[C@H]2C1O[Si](C)(C)C(C)(C)C. The molecule has 344 valence electrons. The lowest BCUT2D eigenvalue weighted by molar-refractivity contribution is -0.117. The Morgan fingerprint density at radius 2 is 1.48 bits per heavy atom. The molecule has 1 saturated carbocycles. The van der Waals surface area contributed by atoms with Gasteiger partial charge in [0.1, 0.15) is 18.4 Å². The number of methoxy groups -OCH3 is 3. The highest BCUT2D eigenvalue weighted by atomic mass is 28.4. The predicted molar refractivity (Wildman–Crippen MR) is 246 cm³/mol. The lowest BCUT2D eigenvalue weighted by atomic mass is 10.0. The van der Waals surface area contributed by atoms with Crippen molar-refractivity contribution in [3.63, 3.8) is 0 Å². The number of hydrogen-bond donors (Lipinski definition) is 1. The zero-order chi connectivity index (χ0) is 46.1. The fourth-order valence-electron chi connectivity index (χ4n) is 8.38. The number of benzene rings is 3. The van der Waals surface area contributed by atoms with E-state index in [1.807, 2.05) is 4.90 Å². The van der Waals surface area contributed by atoms with Crippen LogP contribution in [0.2, 0.25) is 18.1 Å². The number of rotatable bonds is 16. The number of hydrogen-bond acceptors (Lipinski definition) is 11. The van der Waals surface area contributed by atoms with Crippen LogP contribution in [-0.4, -0.2) is 103 Å². The second-order valence-electron chi connectivity index (χ2n) is 18.6. The number of unbranched alkanes of at least 4 members (excludes halogenated alkanes) is 2. The first kappa shape index (κ1) is 46.3. The molecule has 3 aliphatic heterocycles. The van der Waals surface area contributed by atoms with E-state index in [2.05, 4.69) is 45.8 Å². The van der Waals surface area contributed by atoms with Crippen LogP contribution in [0.5, 0.6) is 28.7 Å². The maximum absolute atomic E-state index is 14.6. The van der Waals surface area contributed by atoms with Gasteiger partial charge < -0.3 is 43.1 Å². The molecule has 4 aliphatic rings. The molecule has 1 aliphatic carbocycles. The summed E-state index contributed by atoms with van der Waals surface area (Å²) in [6.07, 6.45) is 4.94. The Bertz CT molecular complexity index is 2270. The third-order valence-corrected chi connectivity index (χ3v) is 17.7. The van der Waals surface area contributed by atoms with Gasteiger partial charge in [-0.2, -0.15) is 0 Å². The molecule has 7 rings (SSSR count). The van der Waals surface area contributed by atoms with Crippen molar-refractivity contribution in [2.24, 2.45) is 5.41 Å². The first-order valence-electron chi connectivity index (χ1n) is 22.0. The molecule has 15 nitrogen and oxygen atoms in total. The van der Waals surface area contributed by atoms with E-state index in [-0.39, 0.29) is 46.4 Å². The van der Waals surface area contributed by atoms with Crippen LogP contribution < -0.4 is 38.8 Å².